The number of halogens is 2. The first kappa shape index (κ1) is 14.7. The minimum absolute atomic E-state index is 0.0266. The predicted molar refractivity (Wildman–Crippen MR) is 76.6 cm³/mol. The van der Waals surface area contributed by atoms with Gasteiger partial charge in [0.2, 0.25) is 0 Å². The lowest BCUT2D eigenvalue weighted by Crippen LogP contribution is -2.05. The van der Waals surface area contributed by atoms with Gasteiger partial charge in [0.25, 0.3) is 0 Å². The fourth-order valence-electron chi connectivity index (χ4n) is 2.11. The molecule has 0 radical (unpaired) electrons. The Morgan fingerprint density at radius 2 is 2.10 bits per heavy atom. The average molecular weight is 297 g/mol. The normalized spacial score (nSPS) is 11.3. The third-order valence-corrected chi connectivity index (χ3v) is 3.42. The lowest BCUT2D eigenvalue weighted by Gasteiger charge is -2.10. The van der Waals surface area contributed by atoms with Gasteiger partial charge in [-0.25, -0.2) is 9.37 Å². The van der Waals surface area contributed by atoms with Crippen LogP contribution >= 0.6 is 11.6 Å². The summed E-state index contributed by atoms with van der Waals surface area (Å²) in [5.74, 6) is -0.213. The van der Waals surface area contributed by atoms with E-state index in [9.17, 15) is 14.5 Å². The maximum atomic E-state index is 13.6. The highest BCUT2D eigenvalue weighted by Crippen LogP contribution is 2.36. The summed E-state index contributed by atoms with van der Waals surface area (Å²) >= 11 is 6.15. The Balaban J connectivity index is 2.81. The second-order valence-corrected chi connectivity index (χ2v) is 5.57. The van der Waals surface area contributed by atoms with Crippen molar-refractivity contribution in [2.75, 3.05) is 0 Å². The van der Waals surface area contributed by atoms with Crippen LogP contribution in [0.3, 0.4) is 0 Å². The number of benzene rings is 1. The molecule has 1 aromatic heterocycles. The van der Waals surface area contributed by atoms with E-state index in [2.05, 4.69) is 4.98 Å². The fraction of sp³-hybridized carbons (Fsp3) is 0.357. The van der Waals surface area contributed by atoms with Gasteiger partial charge in [-0.15, -0.1) is 0 Å². The van der Waals surface area contributed by atoms with E-state index in [1.165, 1.54) is 12.1 Å². The van der Waals surface area contributed by atoms with Gasteiger partial charge < -0.3 is 0 Å². The molecule has 0 bridgehead atoms. The largest absolute Gasteiger partial charge is 0.309 e. The number of nitrogens with zero attached hydrogens (tertiary/aromatic N) is 2. The number of aryl methyl sites for hydroxylation is 1. The summed E-state index contributed by atoms with van der Waals surface area (Å²) < 4.78 is 13.6. The molecule has 2 aromatic rings. The molecule has 0 aliphatic carbocycles. The lowest BCUT2D eigenvalue weighted by atomic mass is 10.0. The summed E-state index contributed by atoms with van der Waals surface area (Å²) in [5, 5.41) is 11.7. The van der Waals surface area contributed by atoms with Gasteiger partial charge in [-0.1, -0.05) is 25.4 Å². The van der Waals surface area contributed by atoms with Crippen molar-refractivity contribution < 1.29 is 9.31 Å². The molecular formula is C14H14ClFN2O2. The standard InChI is InChI=1S/C14H14ClFN2O2/c1-7(2)4-12-14(18(19)20)13(15)9-5-8(3)10(16)6-11(9)17-12/h5-7H,4H2,1-3H3. The minimum atomic E-state index is -0.523. The van der Waals surface area contributed by atoms with E-state index < -0.39 is 10.7 Å². The molecule has 0 unspecified atom stereocenters. The van der Waals surface area contributed by atoms with Gasteiger partial charge >= 0.3 is 5.69 Å². The number of hydrogen-bond donors (Lipinski definition) is 0. The van der Waals surface area contributed by atoms with E-state index in [1.807, 2.05) is 13.8 Å². The van der Waals surface area contributed by atoms with Crippen LogP contribution in [0.25, 0.3) is 10.9 Å². The molecule has 0 saturated carbocycles. The van der Waals surface area contributed by atoms with Crippen molar-refractivity contribution in [3.8, 4) is 0 Å². The molecule has 1 aromatic carbocycles. The van der Waals surface area contributed by atoms with Crippen molar-refractivity contribution in [3.63, 3.8) is 0 Å². The first-order valence-corrected chi connectivity index (χ1v) is 6.61. The number of nitro groups is 1. The van der Waals surface area contributed by atoms with E-state index in [-0.39, 0.29) is 16.6 Å². The summed E-state index contributed by atoms with van der Waals surface area (Å²) in [6.07, 6.45) is 0.418. The summed E-state index contributed by atoms with van der Waals surface area (Å²) in [6.45, 7) is 5.44. The summed E-state index contributed by atoms with van der Waals surface area (Å²) in [4.78, 5) is 14.9. The van der Waals surface area contributed by atoms with Gasteiger partial charge in [-0.2, -0.15) is 0 Å². The molecule has 20 heavy (non-hydrogen) atoms. The average Bonchev–Trinajstić information content (AvgIpc) is 2.31. The van der Waals surface area contributed by atoms with E-state index in [1.54, 1.807) is 6.92 Å². The molecule has 0 amide bonds. The van der Waals surface area contributed by atoms with E-state index >= 15 is 0 Å². The molecule has 0 aliphatic heterocycles. The van der Waals surface area contributed by atoms with Gasteiger partial charge in [0, 0.05) is 11.5 Å². The Kier molecular flexibility index (Phi) is 3.90. The molecule has 0 spiro atoms. The molecule has 6 heteroatoms. The first-order valence-electron chi connectivity index (χ1n) is 6.24. The van der Waals surface area contributed by atoms with Gasteiger partial charge in [0.15, 0.2) is 0 Å². The van der Waals surface area contributed by atoms with Gasteiger partial charge in [0.1, 0.15) is 16.5 Å². The topological polar surface area (TPSA) is 56.0 Å². The SMILES string of the molecule is Cc1cc2c(Cl)c([N+](=O)[O-])c(CC(C)C)nc2cc1F. The number of rotatable bonds is 3. The number of fused-ring (bicyclic) bond motifs is 1. The zero-order valence-corrected chi connectivity index (χ0v) is 12.2. The van der Waals surface area contributed by atoms with Crippen LogP contribution in [0.4, 0.5) is 10.1 Å². The highest BCUT2D eigenvalue weighted by molar-refractivity contribution is 6.37. The van der Waals surface area contributed by atoms with Crippen molar-refractivity contribution >= 4 is 28.2 Å². The van der Waals surface area contributed by atoms with Crippen LogP contribution in [0, 0.1) is 28.8 Å². The number of aromatic nitrogens is 1. The first-order chi connectivity index (χ1) is 9.31. The molecule has 1 heterocycles. The Bertz CT molecular complexity index is 701. The van der Waals surface area contributed by atoms with Crippen molar-refractivity contribution in [2.24, 2.45) is 5.92 Å². The summed E-state index contributed by atoms with van der Waals surface area (Å²) in [6, 6.07) is 2.76. The minimum Gasteiger partial charge on any atom is -0.258 e. The lowest BCUT2D eigenvalue weighted by molar-refractivity contribution is -0.385. The number of hydrogen-bond acceptors (Lipinski definition) is 3. The highest BCUT2D eigenvalue weighted by Gasteiger charge is 2.24. The van der Waals surface area contributed by atoms with Crippen molar-refractivity contribution in [1.29, 1.82) is 0 Å². The molecular weight excluding hydrogens is 283 g/mol. The molecule has 106 valence electrons. The van der Waals surface area contributed by atoms with Crippen molar-refractivity contribution in [2.45, 2.75) is 27.2 Å². The van der Waals surface area contributed by atoms with E-state index in [0.29, 0.717) is 28.6 Å². The second-order valence-electron chi connectivity index (χ2n) is 5.19. The van der Waals surface area contributed by atoms with Crippen LogP contribution < -0.4 is 0 Å². The van der Waals surface area contributed by atoms with Crippen LogP contribution in [0.1, 0.15) is 25.1 Å². The Labute approximate surface area is 120 Å². The molecule has 0 fully saturated rings. The Hall–Kier alpha value is -1.75. The predicted octanol–water partition coefficient (Wildman–Crippen LogP) is 4.44. The summed E-state index contributed by atoms with van der Waals surface area (Å²) in [5.41, 5.74) is 0.844. The molecule has 0 N–H and O–H groups in total. The van der Waals surface area contributed by atoms with Crippen LogP contribution in [-0.4, -0.2) is 9.91 Å². The second kappa shape index (κ2) is 5.32. The smallest absolute Gasteiger partial charge is 0.258 e. The van der Waals surface area contributed by atoms with Crippen LogP contribution in [0.15, 0.2) is 12.1 Å². The van der Waals surface area contributed by atoms with Gasteiger partial charge in [-0.05, 0) is 30.9 Å². The van der Waals surface area contributed by atoms with Crippen LogP contribution in [0.2, 0.25) is 5.02 Å². The third kappa shape index (κ3) is 2.58. The Morgan fingerprint density at radius 3 is 2.65 bits per heavy atom. The zero-order valence-electron chi connectivity index (χ0n) is 11.4. The maximum Gasteiger partial charge on any atom is 0.309 e. The molecule has 0 saturated heterocycles. The van der Waals surface area contributed by atoms with Crippen LogP contribution in [0.5, 0.6) is 0 Å². The van der Waals surface area contributed by atoms with Crippen molar-refractivity contribution in [3.05, 3.63) is 44.3 Å². The molecule has 0 atom stereocenters. The van der Waals surface area contributed by atoms with Gasteiger partial charge in [0.05, 0.1) is 10.4 Å². The van der Waals surface area contributed by atoms with E-state index in [0.717, 1.165) is 0 Å². The number of pyridine rings is 1. The van der Waals surface area contributed by atoms with Crippen LogP contribution in [-0.2, 0) is 6.42 Å². The highest BCUT2D eigenvalue weighted by atomic mass is 35.5. The maximum absolute atomic E-state index is 13.6. The van der Waals surface area contributed by atoms with Crippen molar-refractivity contribution in [1.82, 2.24) is 4.98 Å². The zero-order chi connectivity index (χ0) is 15.0. The monoisotopic (exact) mass is 296 g/mol. The van der Waals surface area contributed by atoms with Gasteiger partial charge in [-0.3, -0.25) is 10.1 Å². The third-order valence-electron chi connectivity index (χ3n) is 3.03. The van der Waals surface area contributed by atoms with E-state index in [4.69, 9.17) is 11.6 Å². The quantitative estimate of drug-likeness (QED) is 0.621. The molecule has 2 rings (SSSR count). The fourth-order valence-corrected chi connectivity index (χ4v) is 2.44. The summed E-state index contributed by atoms with van der Waals surface area (Å²) in [7, 11) is 0. The molecule has 4 nitrogen and oxygen atoms in total. The Morgan fingerprint density at radius 1 is 1.45 bits per heavy atom. The molecule has 0 aliphatic rings.